The third kappa shape index (κ3) is 5.76. The highest BCUT2D eigenvalue weighted by Gasteiger charge is 2.33. The van der Waals surface area contributed by atoms with E-state index in [1.807, 2.05) is 0 Å². The summed E-state index contributed by atoms with van der Waals surface area (Å²) in [5.74, 6) is -1.15. The van der Waals surface area contributed by atoms with Gasteiger partial charge in [0, 0.05) is 0 Å². The highest BCUT2D eigenvalue weighted by molar-refractivity contribution is 7.46. The van der Waals surface area contributed by atoms with Crippen LogP contribution in [0.2, 0.25) is 0 Å². The minimum atomic E-state index is -4.62. The molecular weight excluding hydrogens is 199 g/mol. The van der Waals surface area contributed by atoms with Gasteiger partial charge in [0.15, 0.2) is 0 Å². The maximum absolute atomic E-state index is 10.5. The summed E-state index contributed by atoms with van der Waals surface area (Å²) >= 11 is 0. The first-order chi connectivity index (χ1) is 5.68. The quantitative estimate of drug-likeness (QED) is 0.580. The SMILES string of the molecule is CCC(C)(CC(=O)O)OP(=O)(O)O. The van der Waals surface area contributed by atoms with E-state index in [9.17, 15) is 9.36 Å². The lowest BCUT2D eigenvalue weighted by Crippen LogP contribution is -2.29. The average molecular weight is 212 g/mol. The van der Waals surface area contributed by atoms with Crippen molar-refractivity contribution in [1.82, 2.24) is 0 Å². The standard InChI is InChI=1S/C6H13O6P/c1-3-6(2,4-5(7)8)12-13(9,10)11/h3-4H2,1-2H3,(H,7,8)(H2,9,10,11). The highest BCUT2D eigenvalue weighted by atomic mass is 31.2. The van der Waals surface area contributed by atoms with E-state index in [1.165, 1.54) is 6.92 Å². The number of aliphatic carboxylic acids is 1. The van der Waals surface area contributed by atoms with Crippen LogP contribution >= 0.6 is 7.82 Å². The molecule has 0 fully saturated rings. The van der Waals surface area contributed by atoms with Gasteiger partial charge in [-0.2, -0.15) is 0 Å². The molecule has 13 heavy (non-hydrogen) atoms. The van der Waals surface area contributed by atoms with Crippen LogP contribution in [0.3, 0.4) is 0 Å². The molecule has 3 N–H and O–H groups in total. The molecule has 7 heteroatoms. The van der Waals surface area contributed by atoms with Crippen LogP contribution in [0.1, 0.15) is 26.7 Å². The van der Waals surface area contributed by atoms with Crippen molar-refractivity contribution < 1.29 is 28.8 Å². The fourth-order valence-electron chi connectivity index (χ4n) is 0.829. The Labute approximate surface area is 75.8 Å². The molecule has 1 atom stereocenters. The lowest BCUT2D eigenvalue weighted by Gasteiger charge is -2.26. The molecule has 6 nitrogen and oxygen atoms in total. The predicted octanol–water partition coefficient (Wildman–Crippen LogP) is 0.739. The number of carboxylic acids is 1. The number of carbonyl (C=O) groups is 1. The molecule has 1 unspecified atom stereocenters. The van der Waals surface area contributed by atoms with Crippen LogP contribution in [0.15, 0.2) is 0 Å². The molecule has 0 aromatic rings. The van der Waals surface area contributed by atoms with Crippen LogP contribution in [-0.4, -0.2) is 26.5 Å². The molecule has 0 aromatic carbocycles. The van der Waals surface area contributed by atoms with Crippen molar-refractivity contribution >= 4 is 13.8 Å². The summed E-state index contributed by atoms with van der Waals surface area (Å²) in [7, 11) is -4.62. The third-order valence-corrected chi connectivity index (χ3v) is 2.29. The molecule has 0 radical (unpaired) electrons. The fourth-order valence-corrected chi connectivity index (χ4v) is 1.60. The van der Waals surface area contributed by atoms with Crippen molar-refractivity contribution in [3.8, 4) is 0 Å². The van der Waals surface area contributed by atoms with Crippen molar-refractivity contribution in [2.24, 2.45) is 0 Å². The number of hydrogen-bond acceptors (Lipinski definition) is 3. The second kappa shape index (κ2) is 4.19. The molecule has 0 aliphatic heterocycles. The zero-order chi connectivity index (χ0) is 10.7. The largest absolute Gasteiger partial charge is 0.481 e. The Balaban J connectivity index is 4.46. The molecule has 0 heterocycles. The van der Waals surface area contributed by atoms with E-state index in [0.717, 1.165) is 0 Å². The average Bonchev–Trinajstić information content (AvgIpc) is 1.81. The summed E-state index contributed by atoms with van der Waals surface area (Å²) in [6.45, 7) is 2.94. The molecular formula is C6H13O6P. The van der Waals surface area contributed by atoms with Gasteiger partial charge in [-0.15, -0.1) is 0 Å². The second-order valence-corrected chi connectivity index (χ2v) is 4.12. The molecule has 0 saturated heterocycles. The number of carboxylic acid groups (broad SMARTS) is 1. The van der Waals surface area contributed by atoms with Gasteiger partial charge in [0.1, 0.15) is 0 Å². The monoisotopic (exact) mass is 212 g/mol. The molecule has 0 rings (SSSR count). The minimum Gasteiger partial charge on any atom is -0.481 e. The van der Waals surface area contributed by atoms with Gasteiger partial charge >= 0.3 is 13.8 Å². The summed E-state index contributed by atoms with van der Waals surface area (Å²) in [5.41, 5.74) is -1.31. The van der Waals surface area contributed by atoms with Crippen LogP contribution < -0.4 is 0 Å². The van der Waals surface area contributed by atoms with Gasteiger partial charge in [0.2, 0.25) is 0 Å². The van der Waals surface area contributed by atoms with Crippen molar-refractivity contribution in [3.63, 3.8) is 0 Å². The highest BCUT2D eigenvalue weighted by Crippen LogP contribution is 2.43. The van der Waals surface area contributed by atoms with Crippen molar-refractivity contribution in [2.45, 2.75) is 32.3 Å². The lowest BCUT2D eigenvalue weighted by molar-refractivity contribution is -0.141. The summed E-state index contributed by atoms with van der Waals surface area (Å²) in [6.07, 6.45) is -0.223. The van der Waals surface area contributed by atoms with E-state index in [-0.39, 0.29) is 6.42 Å². The van der Waals surface area contributed by atoms with Crippen LogP contribution in [0.25, 0.3) is 0 Å². The van der Waals surface area contributed by atoms with Crippen molar-refractivity contribution in [3.05, 3.63) is 0 Å². The van der Waals surface area contributed by atoms with Crippen LogP contribution in [0.4, 0.5) is 0 Å². The van der Waals surface area contributed by atoms with Crippen LogP contribution in [0.5, 0.6) is 0 Å². The number of hydrogen-bond donors (Lipinski definition) is 3. The van der Waals surface area contributed by atoms with Gasteiger partial charge in [0.05, 0.1) is 12.0 Å². The normalized spacial score (nSPS) is 16.6. The van der Waals surface area contributed by atoms with Crippen LogP contribution in [-0.2, 0) is 13.9 Å². The number of rotatable bonds is 5. The summed E-state index contributed by atoms with van der Waals surface area (Å²) < 4.78 is 14.8. The van der Waals surface area contributed by atoms with Gasteiger partial charge in [-0.25, -0.2) is 4.57 Å². The van der Waals surface area contributed by atoms with E-state index >= 15 is 0 Å². The Kier molecular flexibility index (Phi) is 4.06. The molecule has 0 amide bonds. The Morgan fingerprint density at radius 3 is 2.23 bits per heavy atom. The van der Waals surface area contributed by atoms with E-state index in [2.05, 4.69) is 4.52 Å². The minimum absolute atomic E-state index is 0.213. The first-order valence-electron chi connectivity index (χ1n) is 3.66. The van der Waals surface area contributed by atoms with E-state index in [0.29, 0.717) is 0 Å². The Morgan fingerprint density at radius 2 is 2.00 bits per heavy atom. The molecule has 0 aliphatic rings. The second-order valence-electron chi connectivity index (χ2n) is 2.96. The maximum atomic E-state index is 10.5. The summed E-state index contributed by atoms with van der Waals surface area (Å²) in [6, 6.07) is 0. The smallest absolute Gasteiger partial charge is 0.470 e. The first kappa shape index (κ1) is 12.6. The third-order valence-electron chi connectivity index (χ3n) is 1.61. The Hall–Kier alpha value is -0.420. The van der Waals surface area contributed by atoms with Gasteiger partial charge in [-0.1, -0.05) is 6.92 Å². The Bertz CT molecular complexity index is 233. The topological polar surface area (TPSA) is 104 Å². The molecule has 0 aliphatic carbocycles. The molecule has 78 valence electrons. The van der Waals surface area contributed by atoms with Gasteiger partial charge in [0.25, 0.3) is 0 Å². The zero-order valence-corrected chi connectivity index (χ0v) is 8.32. The maximum Gasteiger partial charge on any atom is 0.470 e. The lowest BCUT2D eigenvalue weighted by atomic mass is 10.00. The van der Waals surface area contributed by atoms with E-state index in [4.69, 9.17) is 14.9 Å². The number of phosphoric ester groups is 1. The molecule has 0 saturated carbocycles. The molecule has 0 aromatic heterocycles. The number of phosphoric acid groups is 1. The summed E-state index contributed by atoms with van der Waals surface area (Å²) in [5, 5.41) is 8.44. The Morgan fingerprint density at radius 1 is 1.54 bits per heavy atom. The van der Waals surface area contributed by atoms with E-state index in [1.54, 1.807) is 6.92 Å². The fraction of sp³-hybridized carbons (Fsp3) is 0.833. The van der Waals surface area contributed by atoms with Gasteiger partial charge < -0.3 is 14.9 Å². The van der Waals surface area contributed by atoms with E-state index < -0.39 is 25.8 Å². The van der Waals surface area contributed by atoms with Crippen molar-refractivity contribution in [2.75, 3.05) is 0 Å². The molecule has 0 bridgehead atoms. The van der Waals surface area contributed by atoms with Gasteiger partial charge in [-0.05, 0) is 13.3 Å². The van der Waals surface area contributed by atoms with Crippen LogP contribution in [0, 0.1) is 0 Å². The predicted molar refractivity (Wildman–Crippen MR) is 44.1 cm³/mol. The molecule has 0 spiro atoms. The summed E-state index contributed by atoms with van der Waals surface area (Å²) in [4.78, 5) is 27.3. The van der Waals surface area contributed by atoms with Crippen molar-refractivity contribution in [1.29, 1.82) is 0 Å². The first-order valence-corrected chi connectivity index (χ1v) is 5.20. The zero-order valence-electron chi connectivity index (χ0n) is 7.43. The van der Waals surface area contributed by atoms with Gasteiger partial charge in [-0.3, -0.25) is 9.32 Å².